The van der Waals surface area contributed by atoms with Crippen LogP contribution in [0.5, 0.6) is 0 Å². The van der Waals surface area contributed by atoms with Gasteiger partial charge in [0.15, 0.2) is 0 Å². The van der Waals surface area contributed by atoms with Gasteiger partial charge in [0.25, 0.3) is 0 Å². The van der Waals surface area contributed by atoms with Crippen molar-refractivity contribution in [1.29, 1.82) is 0 Å². The Balaban J connectivity index is 2.46. The van der Waals surface area contributed by atoms with Crippen LogP contribution in [-0.2, 0) is 11.3 Å². The third kappa shape index (κ3) is 3.94. The molecule has 0 aliphatic heterocycles. The average Bonchev–Trinajstić information content (AvgIpc) is 2.28. The Labute approximate surface area is 105 Å². The summed E-state index contributed by atoms with van der Waals surface area (Å²) in [6.45, 7) is 2.53. The molecule has 1 unspecified atom stereocenters. The van der Waals surface area contributed by atoms with Crippen molar-refractivity contribution in [2.75, 3.05) is 0 Å². The summed E-state index contributed by atoms with van der Waals surface area (Å²) >= 11 is 3.43. The first-order valence-electron chi connectivity index (χ1n) is 5.41. The van der Waals surface area contributed by atoms with Crippen molar-refractivity contribution in [3.63, 3.8) is 0 Å². The Morgan fingerprint density at radius 3 is 2.81 bits per heavy atom. The molecule has 0 saturated heterocycles. The maximum atomic E-state index is 11.6. The number of carbonyl (C=O) groups excluding carboxylic acids is 1. The fraction of sp³-hybridized carbons (Fsp3) is 0.417. The summed E-state index contributed by atoms with van der Waals surface area (Å²) in [6.07, 6.45) is 1.64. The number of halogens is 1. The van der Waals surface area contributed by atoms with E-state index in [1.165, 1.54) is 0 Å². The zero-order chi connectivity index (χ0) is 12.0. The lowest BCUT2D eigenvalue weighted by Crippen LogP contribution is -2.40. The second-order valence-electron chi connectivity index (χ2n) is 3.70. The lowest BCUT2D eigenvalue weighted by molar-refractivity contribution is -0.122. The molecule has 0 aliphatic rings. The molecule has 0 bridgehead atoms. The second-order valence-corrected chi connectivity index (χ2v) is 4.56. The van der Waals surface area contributed by atoms with Crippen LogP contribution in [0.3, 0.4) is 0 Å². The van der Waals surface area contributed by atoms with E-state index in [9.17, 15) is 4.79 Å². The Kier molecular flexibility index (Phi) is 5.49. The standard InChI is InChI=1S/C12H17BrN2O/c1-2-5-11(14)12(16)15-8-9-6-3-4-7-10(9)13/h3-4,6-7,11H,2,5,8,14H2,1H3,(H,15,16). The second kappa shape index (κ2) is 6.66. The average molecular weight is 285 g/mol. The highest BCUT2D eigenvalue weighted by Crippen LogP contribution is 2.15. The SMILES string of the molecule is CCCC(N)C(=O)NCc1ccccc1Br. The fourth-order valence-corrected chi connectivity index (χ4v) is 1.82. The van der Waals surface area contributed by atoms with Crippen molar-refractivity contribution in [2.24, 2.45) is 5.73 Å². The summed E-state index contributed by atoms with van der Waals surface area (Å²) < 4.78 is 0.999. The predicted octanol–water partition coefficient (Wildman–Crippen LogP) is 2.19. The van der Waals surface area contributed by atoms with Gasteiger partial charge in [-0.15, -0.1) is 0 Å². The summed E-state index contributed by atoms with van der Waals surface area (Å²) in [5.74, 6) is -0.0856. The van der Waals surface area contributed by atoms with E-state index in [-0.39, 0.29) is 5.91 Å². The van der Waals surface area contributed by atoms with Gasteiger partial charge in [0.05, 0.1) is 6.04 Å². The summed E-state index contributed by atoms with van der Waals surface area (Å²) in [5, 5.41) is 2.83. The zero-order valence-corrected chi connectivity index (χ0v) is 11.0. The van der Waals surface area contributed by atoms with E-state index in [0.29, 0.717) is 6.54 Å². The topological polar surface area (TPSA) is 55.1 Å². The highest BCUT2D eigenvalue weighted by atomic mass is 79.9. The largest absolute Gasteiger partial charge is 0.351 e. The van der Waals surface area contributed by atoms with E-state index in [4.69, 9.17) is 5.73 Å². The predicted molar refractivity (Wildman–Crippen MR) is 68.9 cm³/mol. The van der Waals surface area contributed by atoms with Gasteiger partial charge in [-0.2, -0.15) is 0 Å². The molecule has 4 heteroatoms. The minimum atomic E-state index is -0.396. The first-order valence-corrected chi connectivity index (χ1v) is 6.21. The number of carbonyl (C=O) groups is 1. The molecule has 88 valence electrons. The minimum absolute atomic E-state index is 0.0856. The van der Waals surface area contributed by atoms with Crippen LogP contribution in [0.4, 0.5) is 0 Å². The van der Waals surface area contributed by atoms with E-state index < -0.39 is 6.04 Å². The van der Waals surface area contributed by atoms with Gasteiger partial charge in [-0.3, -0.25) is 4.79 Å². The van der Waals surface area contributed by atoms with E-state index in [0.717, 1.165) is 22.9 Å². The van der Waals surface area contributed by atoms with E-state index in [2.05, 4.69) is 21.2 Å². The third-order valence-corrected chi connectivity index (χ3v) is 3.12. The summed E-state index contributed by atoms with van der Waals surface area (Å²) in [4.78, 5) is 11.6. The number of nitrogens with two attached hydrogens (primary N) is 1. The molecule has 0 heterocycles. The van der Waals surface area contributed by atoms with Crippen LogP contribution in [0.25, 0.3) is 0 Å². The van der Waals surface area contributed by atoms with Gasteiger partial charge in [-0.05, 0) is 18.1 Å². The van der Waals surface area contributed by atoms with Crippen molar-refractivity contribution in [3.8, 4) is 0 Å². The van der Waals surface area contributed by atoms with Crippen LogP contribution in [0.2, 0.25) is 0 Å². The van der Waals surface area contributed by atoms with Gasteiger partial charge >= 0.3 is 0 Å². The molecule has 0 fully saturated rings. The van der Waals surface area contributed by atoms with Crippen LogP contribution >= 0.6 is 15.9 Å². The van der Waals surface area contributed by atoms with Crippen LogP contribution in [0.15, 0.2) is 28.7 Å². The first-order chi connectivity index (χ1) is 7.65. The zero-order valence-electron chi connectivity index (χ0n) is 9.37. The first kappa shape index (κ1) is 13.2. The molecule has 0 spiro atoms. The molecule has 1 rings (SSSR count). The summed E-state index contributed by atoms with van der Waals surface area (Å²) in [7, 11) is 0. The molecular formula is C12H17BrN2O. The fourth-order valence-electron chi connectivity index (χ4n) is 1.40. The molecule has 1 atom stereocenters. The van der Waals surface area contributed by atoms with Crippen molar-refractivity contribution in [3.05, 3.63) is 34.3 Å². The number of hydrogen-bond acceptors (Lipinski definition) is 2. The third-order valence-electron chi connectivity index (χ3n) is 2.35. The number of rotatable bonds is 5. The molecule has 0 radical (unpaired) electrons. The Bertz CT molecular complexity index is 355. The molecule has 1 aromatic carbocycles. The molecule has 16 heavy (non-hydrogen) atoms. The number of nitrogens with one attached hydrogen (secondary N) is 1. The van der Waals surface area contributed by atoms with Crippen LogP contribution in [-0.4, -0.2) is 11.9 Å². The van der Waals surface area contributed by atoms with Crippen molar-refractivity contribution in [2.45, 2.75) is 32.4 Å². The number of benzene rings is 1. The molecule has 3 nitrogen and oxygen atoms in total. The normalized spacial score (nSPS) is 12.2. The van der Waals surface area contributed by atoms with E-state index >= 15 is 0 Å². The Morgan fingerprint density at radius 1 is 1.50 bits per heavy atom. The molecule has 0 aromatic heterocycles. The van der Waals surface area contributed by atoms with Gasteiger partial charge in [-0.1, -0.05) is 47.5 Å². The minimum Gasteiger partial charge on any atom is -0.351 e. The summed E-state index contributed by atoms with van der Waals surface area (Å²) in [6, 6.07) is 7.41. The van der Waals surface area contributed by atoms with Gasteiger partial charge in [0.2, 0.25) is 5.91 Å². The van der Waals surface area contributed by atoms with E-state index in [1.54, 1.807) is 0 Å². The maximum absolute atomic E-state index is 11.6. The van der Waals surface area contributed by atoms with Crippen molar-refractivity contribution < 1.29 is 4.79 Å². The van der Waals surface area contributed by atoms with Crippen molar-refractivity contribution >= 4 is 21.8 Å². The maximum Gasteiger partial charge on any atom is 0.237 e. The van der Waals surface area contributed by atoms with Gasteiger partial charge in [-0.25, -0.2) is 0 Å². The van der Waals surface area contributed by atoms with Crippen molar-refractivity contribution in [1.82, 2.24) is 5.32 Å². The van der Waals surface area contributed by atoms with Gasteiger partial charge < -0.3 is 11.1 Å². The van der Waals surface area contributed by atoms with Gasteiger partial charge in [0, 0.05) is 11.0 Å². The Hall–Kier alpha value is -0.870. The van der Waals surface area contributed by atoms with Crippen LogP contribution in [0, 0.1) is 0 Å². The lowest BCUT2D eigenvalue weighted by atomic mass is 10.1. The molecule has 1 aromatic rings. The molecular weight excluding hydrogens is 268 g/mol. The molecule has 0 aliphatic carbocycles. The molecule has 0 saturated carbocycles. The van der Waals surface area contributed by atoms with Crippen LogP contribution in [0.1, 0.15) is 25.3 Å². The quantitative estimate of drug-likeness (QED) is 0.871. The number of hydrogen-bond donors (Lipinski definition) is 2. The van der Waals surface area contributed by atoms with E-state index in [1.807, 2.05) is 31.2 Å². The summed E-state index contributed by atoms with van der Waals surface area (Å²) in [5.41, 5.74) is 6.76. The molecule has 3 N–H and O–H groups in total. The lowest BCUT2D eigenvalue weighted by Gasteiger charge is -2.11. The molecule has 1 amide bonds. The van der Waals surface area contributed by atoms with Crippen LogP contribution < -0.4 is 11.1 Å². The highest BCUT2D eigenvalue weighted by molar-refractivity contribution is 9.10. The van der Waals surface area contributed by atoms with Gasteiger partial charge in [0.1, 0.15) is 0 Å². The Morgan fingerprint density at radius 2 is 2.19 bits per heavy atom. The highest BCUT2D eigenvalue weighted by Gasteiger charge is 2.11. The number of amides is 1. The monoisotopic (exact) mass is 284 g/mol. The smallest absolute Gasteiger partial charge is 0.237 e.